The Morgan fingerprint density at radius 3 is 2.80 bits per heavy atom. The molecule has 0 fully saturated rings. The molecular weight excluding hydrogens is 314 g/mol. The molecule has 1 aromatic heterocycles. The zero-order chi connectivity index (χ0) is 17.5. The van der Waals surface area contributed by atoms with Gasteiger partial charge in [-0.1, -0.05) is 36.4 Å². The van der Waals surface area contributed by atoms with Gasteiger partial charge < -0.3 is 15.4 Å². The summed E-state index contributed by atoms with van der Waals surface area (Å²) in [5.74, 6) is 0.773. The van der Waals surface area contributed by atoms with Crippen LogP contribution in [-0.4, -0.2) is 24.5 Å². The fourth-order valence-electron chi connectivity index (χ4n) is 2.69. The Morgan fingerprint density at radius 2 is 1.92 bits per heavy atom. The lowest BCUT2D eigenvalue weighted by molar-refractivity contribution is -0.121. The molecule has 5 heteroatoms. The van der Waals surface area contributed by atoms with Gasteiger partial charge in [0.15, 0.2) is 0 Å². The Kier molecular flexibility index (Phi) is 5.46. The molecule has 0 aliphatic carbocycles. The van der Waals surface area contributed by atoms with Crippen molar-refractivity contribution in [3.05, 3.63) is 66.4 Å². The van der Waals surface area contributed by atoms with Gasteiger partial charge in [-0.05, 0) is 18.2 Å². The molecule has 3 rings (SSSR count). The monoisotopic (exact) mass is 335 g/mol. The number of hydrogen-bond donors (Lipinski definition) is 2. The molecule has 0 bridgehead atoms. The number of methoxy groups -OCH3 is 1. The first kappa shape index (κ1) is 16.8. The van der Waals surface area contributed by atoms with Crippen LogP contribution in [0.1, 0.15) is 12.0 Å². The second-order valence-electron chi connectivity index (χ2n) is 5.65. The second kappa shape index (κ2) is 8.15. The number of carbonyl (C=O) groups is 1. The van der Waals surface area contributed by atoms with Crippen molar-refractivity contribution in [2.45, 2.75) is 13.0 Å². The van der Waals surface area contributed by atoms with E-state index in [1.54, 1.807) is 13.3 Å². The van der Waals surface area contributed by atoms with E-state index >= 15 is 0 Å². The van der Waals surface area contributed by atoms with Gasteiger partial charge in [0.05, 0.1) is 18.3 Å². The molecule has 2 N–H and O–H groups in total. The molecule has 25 heavy (non-hydrogen) atoms. The van der Waals surface area contributed by atoms with E-state index in [1.165, 1.54) is 0 Å². The van der Waals surface area contributed by atoms with Gasteiger partial charge >= 0.3 is 0 Å². The van der Waals surface area contributed by atoms with E-state index in [-0.39, 0.29) is 5.91 Å². The van der Waals surface area contributed by atoms with E-state index in [0.717, 1.165) is 27.9 Å². The molecule has 0 aliphatic heterocycles. The van der Waals surface area contributed by atoms with E-state index in [9.17, 15) is 4.79 Å². The molecule has 0 saturated heterocycles. The maximum absolute atomic E-state index is 12.1. The summed E-state index contributed by atoms with van der Waals surface area (Å²) in [5.41, 5.74) is 2.82. The van der Waals surface area contributed by atoms with Gasteiger partial charge in [0.2, 0.25) is 5.91 Å². The van der Waals surface area contributed by atoms with Crippen molar-refractivity contribution in [3.8, 4) is 5.75 Å². The summed E-state index contributed by atoms with van der Waals surface area (Å²) in [5, 5.41) is 7.29. The van der Waals surface area contributed by atoms with Crippen molar-refractivity contribution in [3.63, 3.8) is 0 Å². The third-order valence-electron chi connectivity index (χ3n) is 3.97. The molecule has 0 aliphatic rings. The van der Waals surface area contributed by atoms with Crippen LogP contribution < -0.4 is 15.4 Å². The van der Waals surface area contributed by atoms with Crippen LogP contribution in [0.5, 0.6) is 5.75 Å². The minimum Gasteiger partial charge on any atom is -0.496 e. The van der Waals surface area contributed by atoms with Crippen molar-refractivity contribution < 1.29 is 9.53 Å². The Bertz CT molecular complexity index is 859. The highest BCUT2D eigenvalue weighted by Crippen LogP contribution is 2.20. The van der Waals surface area contributed by atoms with Gasteiger partial charge in [-0.15, -0.1) is 0 Å². The van der Waals surface area contributed by atoms with Crippen LogP contribution in [0.2, 0.25) is 0 Å². The van der Waals surface area contributed by atoms with Crippen molar-refractivity contribution in [2.24, 2.45) is 0 Å². The van der Waals surface area contributed by atoms with Gasteiger partial charge in [-0.3, -0.25) is 9.78 Å². The van der Waals surface area contributed by atoms with E-state index in [0.29, 0.717) is 19.5 Å². The molecule has 0 spiro atoms. The number of amides is 1. The quantitative estimate of drug-likeness (QED) is 0.695. The highest BCUT2D eigenvalue weighted by molar-refractivity contribution is 5.90. The first-order chi connectivity index (χ1) is 12.3. The molecule has 128 valence electrons. The number of nitrogens with one attached hydrogen (secondary N) is 2. The topological polar surface area (TPSA) is 63.2 Å². The van der Waals surface area contributed by atoms with Crippen LogP contribution in [0.4, 0.5) is 5.69 Å². The molecular formula is C20H21N3O2. The van der Waals surface area contributed by atoms with E-state index in [2.05, 4.69) is 15.6 Å². The number of para-hydroxylation sites is 2. The largest absolute Gasteiger partial charge is 0.496 e. The SMILES string of the molecule is COc1ccccc1CNC(=O)CCNc1cccc2cccnc12. The third kappa shape index (κ3) is 4.26. The lowest BCUT2D eigenvalue weighted by Crippen LogP contribution is -2.25. The molecule has 0 saturated carbocycles. The first-order valence-corrected chi connectivity index (χ1v) is 8.24. The Hall–Kier alpha value is -3.08. The van der Waals surface area contributed by atoms with Crippen molar-refractivity contribution in [2.75, 3.05) is 19.0 Å². The molecule has 0 unspecified atom stereocenters. The van der Waals surface area contributed by atoms with Gasteiger partial charge in [-0.2, -0.15) is 0 Å². The Labute approximate surface area is 147 Å². The van der Waals surface area contributed by atoms with Gasteiger partial charge in [0.1, 0.15) is 5.75 Å². The first-order valence-electron chi connectivity index (χ1n) is 8.24. The summed E-state index contributed by atoms with van der Waals surface area (Å²) in [6, 6.07) is 17.6. The van der Waals surface area contributed by atoms with Gasteiger partial charge in [0.25, 0.3) is 0 Å². The van der Waals surface area contributed by atoms with Crippen molar-refractivity contribution in [1.29, 1.82) is 0 Å². The van der Waals surface area contributed by atoms with Crippen molar-refractivity contribution in [1.82, 2.24) is 10.3 Å². The van der Waals surface area contributed by atoms with Crippen LogP contribution in [0.15, 0.2) is 60.8 Å². The highest BCUT2D eigenvalue weighted by atomic mass is 16.5. The number of pyridine rings is 1. The van der Waals surface area contributed by atoms with Crippen LogP contribution in [0, 0.1) is 0 Å². The summed E-state index contributed by atoms with van der Waals surface area (Å²) < 4.78 is 5.29. The molecule has 0 atom stereocenters. The summed E-state index contributed by atoms with van der Waals surface area (Å²) in [6.07, 6.45) is 2.16. The van der Waals surface area contributed by atoms with Crippen molar-refractivity contribution >= 4 is 22.5 Å². The molecule has 2 aromatic carbocycles. The predicted octanol–water partition coefficient (Wildman–Crippen LogP) is 3.36. The van der Waals surface area contributed by atoms with E-state index in [1.807, 2.05) is 54.6 Å². The maximum Gasteiger partial charge on any atom is 0.222 e. The number of ether oxygens (including phenoxy) is 1. The number of carbonyl (C=O) groups excluding carboxylic acids is 1. The predicted molar refractivity (Wildman–Crippen MR) is 99.7 cm³/mol. The van der Waals surface area contributed by atoms with Crippen LogP contribution in [0.3, 0.4) is 0 Å². The number of benzene rings is 2. The summed E-state index contributed by atoms with van der Waals surface area (Å²) in [4.78, 5) is 16.5. The number of aromatic nitrogens is 1. The minimum atomic E-state index is -0.00778. The molecule has 0 radical (unpaired) electrons. The fraction of sp³-hybridized carbons (Fsp3) is 0.200. The Morgan fingerprint density at radius 1 is 1.08 bits per heavy atom. The zero-order valence-corrected chi connectivity index (χ0v) is 14.2. The number of anilines is 1. The molecule has 3 aromatic rings. The molecule has 1 amide bonds. The van der Waals surface area contributed by atoms with Crippen LogP contribution >= 0.6 is 0 Å². The second-order valence-corrected chi connectivity index (χ2v) is 5.65. The fourth-order valence-corrected chi connectivity index (χ4v) is 2.69. The summed E-state index contributed by atoms with van der Waals surface area (Å²) in [6.45, 7) is 1.01. The van der Waals surface area contributed by atoms with Crippen LogP contribution in [-0.2, 0) is 11.3 Å². The third-order valence-corrected chi connectivity index (χ3v) is 3.97. The smallest absolute Gasteiger partial charge is 0.222 e. The average molecular weight is 335 g/mol. The van der Waals surface area contributed by atoms with E-state index in [4.69, 9.17) is 4.74 Å². The lowest BCUT2D eigenvalue weighted by Gasteiger charge is -2.11. The average Bonchev–Trinajstić information content (AvgIpc) is 2.67. The molecule has 1 heterocycles. The van der Waals surface area contributed by atoms with Crippen LogP contribution in [0.25, 0.3) is 10.9 Å². The number of hydrogen-bond acceptors (Lipinski definition) is 4. The summed E-state index contributed by atoms with van der Waals surface area (Å²) in [7, 11) is 1.63. The standard InChI is InChI=1S/C20H21N3O2/c1-25-18-10-3-2-6-16(18)14-23-19(24)11-13-21-17-9-4-7-15-8-5-12-22-20(15)17/h2-10,12,21H,11,13-14H2,1H3,(H,23,24). The number of fused-ring (bicyclic) bond motifs is 1. The minimum absolute atomic E-state index is 0.00778. The van der Waals surface area contributed by atoms with Gasteiger partial charge in [-0.25, -0.2) is 0 Å². The van der Waals surface area contributed by atoms with E-state index < -0.39 is 0 Å². The Balaban J connectivity index is 1.51. The highest BCUT2D eigenvalue weighted by Gasteiger charge is 2.06. The number of rotatable bonds is 7. The summed E-state index contributed by atoms with van der Waals surface area (Å²) >= 11 is 0. The normalized spacial score (nSPS) is 10.4. The molecule has 5 nitrogen and oxygen atoms in total. The zero-order valence-electron chi connectivity index (χ0n) is 14.2. The van der Waals surface area contributed by atoms with Gasteiger partial charge in [0, 0.05) is 36.7 Å². The maximum atomic E-state index is 12.1. The lowest BCUT2D eigenvalue weighted by atomic mass is 10.2. The number of nitrogens with zero attached hydrogens (tertiary/aromatic N) is 1.